The zero-order chi connectivity index (χ0) is 12.3. The van der Waals surface area contributed by atoms with Crippen LogP contribution in [0.2, 0.25) is 0 Å². The number of hydrogen-bond donors (Lipinski definition) is 1. The molecule has 1 N–H and O–H groups in total. The molecule has 4 nitrogen and oxygen atoms in total. The molecular weight excluding hydrogens is 289 g/mol. The Morgan fingerprint density at radius 1 is 1.29 bits per heavy atom. The maximum atomic E-state index is 12.9. The molecule has 1 amide bonds. The van der Waals surface area contributed by atoms with E-state index in [-0.39, 0.29) is 5.56 Å². The second-order valence-electron chi connectivity index (χ2n) is 3.21. The van der Waals surface area contributed by atoms with E-state index in [1.54, 1.807) is 18.3 Å². The van der Waals surface area contributed by atoms with E-state index in [0.717, 1.165) is 16.7 Å². The third kappa shape index (κ3) is 3.07. The molecule has 0 aliphatic rings. The molecule has 2 heterocycles. The van der Waals surface area contributed by atoms with E-state index in [2.05, 4.69) is 31.2 Å². The molecule has 0 radical (unpaired) electrons. The van der Waals surface area contributed by atoms with Gasteiger partial charge in [-0.3, -0.25) is 9.78 Å². The van der Waals surface area contributed by atoms with Crippen LogP contribution in [0.5, 0.6) is 0 Å². The fourth-order valence-corrected chi connectivity index (χ4v) is 1.41. The SMILES string of the molecule is O=C(Nc1ccc(Br)cn1)c1cncc(F)c1. The second kappa shape index (κ2) is 5.01. The number of aromatic nitrogens is 2. The highest BCUT2D eigenvalue weighted by atomic mass is 79.9. The lowest BCUT2D eigenvalue weighted by Crippen LogP contribution is -2.13. The lowest BCUT2D eigenvalue weighted by Gasteiger charge is -2.03. The third-order valence-electron chi connectivity index (χ3n) is 1.94. The van der Waals surface area contributed by atoms with Gasteiger partial charge in [0.15, 0.2) is 0 Å². The Balaban J connectivity index is 2.14. The van der Waals surface area contributed by atoms with Crippen LogP contribution in [0.4, 0.5) is 10.2 Å². The Labute approximate surface area is 105 Å². The monoisotopic (exact) mass is 295 g/mol. The van der Waals surface area contributed by atoms with Gasteiger partial charge in [0.05, 0.1) is 11.8 Å². The number of anilines is 1. The van der Waals surface area contributed by atoms with Gasteiger partial charge in [-0.25, -0.2) is 9.37 Å². The van der Waals surface area contributed by atoms with Crippen LogP contribution in [0.25, 0.3) is 0 Å². The molecule has 2 aromatic heterocycles. The number of halogens is 2. The molecule has 0 saturated heterocycles. The smallest absolute Gasteiger partial charge is 0.258 e. The van der Waals surface area contributed by atoms with Gasteiger partial charge in [0, 0.05) is 16.9 Å². The predicted molar refractivity (Wildman–Crippen MR) is 64.1 cm³/mol. The van der Waals surface area contributed by atoms with Crippen molar-refractivity contribution in [3.63, 3.8) is 0 Å². The molecule has 0 unspecified atom stereocenters. The molecule has 0 aliphatic heterocycles. The predicted octanol–water partition coefficient (Wildman–Crippen LogP) is 2.63. The van der Waals surface area contributed by atoms with Gasteiger partial charge in [-0.2, -0.15) is 0 Å². The molecule has 0 fully saturated rings. The molecule has 17 heavy (non-hydrogen) atoms. The van der Waals surface area contributed by atoms with E-state index in [9.17, 15) is 9.18 Å². The minimum Gasteiger partial charge on any atom is -0.307 e. The van der Waals surface area contributed by atoms with Crippen molar-refractivity contribution in [3.05, 3.63) is 52.6 Å². The summed E-state index contributed by atoms with van der Waals surface area (Å²) < 4.78 is 13.7. The Hall–Kier alpha value is -1.82. The van der Waals surface area contributed by atoms with Crippen LogP contribution in [-0.2, 0) is 0 Å². The number of nitrogens with one attached hydrogen (secondary N) is 1. The van der Waals surface area contributed by atoms with Crippen molar-refractivity contribution in [3.8, 4) is 0 Å². The maximum absolute atomic E-state index is 12.9. The van der Waals surface area contributed by atoms with Gasteiger partial charge in [-0.05, 0) is 34.1 Å². The number of hydrogen-bond acceptors (Lipinski definition) is 3. The van der Waals surface area contributed by atoms with Crippen LogP contribution in [0.3, 0.4) is 0 Å². The van der Waals surface area contributed by atoms with Crippen molar-refractivity contribution < 1.29 is 9.18 Å². The van der Waals surface area contributed by atoms with E-state index in [1.807, 2.05) is 0 Å². The van der Waals surface area contributed by atoms with Crippen molar-refractivity contribution in [2.45, 2.75) is 0 Å². The fraction of sp³-hybridized carbons (Fsp3) is 0. The van der Waals surface area contributed by atoms with Crippen LogP contribution < -0.4 is 5.32 Å². The molecule has 0 aliphatic carbocycles. The summed E-state index contributed by atoms with van der Waals surface area (Å²) in [5.74, 6) is -0.615. The average Bonchev–Trinajstić information content (AvgIpc) is 2.32. The van der Waals surface area contributed by atoms with Crippen LogP contribution in [0.1, 0.15) is 10.4 Å². The van der Waals surface area contributed by atoms with Gasteiger partial charge < -0.3 is 5.32 Å². The van der Waals surface area contributed by atoms with Crippen molar-refractivity contribution in [2.75, 3.05) is 5.32 Å². The highest BCUT2D eigenvalue weighted by Gasteiger charge is 2.07. The third-order valence-corrected chi connectivity index (χ3v) is 2.41. The normalized spacial score (nSPS) is 10.0. The van der Waals surface area contributed by atoms with E-state index >= 15 is 0 Å². The lowest BCUT2D eigenvalue weighted by atomic mass is 10.2. The number of carbonyl (C=O) groups excluding carboxylic acids is 1. The molecule has 86 valence electrons. The van der Waals surface area contributed by atoms with E-state index in [0.29, 0.717) is 5.82 Å². The first-order valence-electron chi connectivity index (χ1n) is 4.68. The topological polar surface area (TPSA) is 54.9 Å². The molecule has 0 saturated carbocycles. The highest BCUT2D eigenvalue weighted by Crippen LogP contribution is 2.11. The van der Waals surface area contributed by atoms with Gasteiger partial charge in [0.25, 0.3) is 5.91 Å². The summed E-state index contributed by atoms with van der Waals surface area (Å²) in [5.41, 5.74) is 0.148. The standard InChI is InChI=1S/C11H7BrFN3O/c12-8-1-2-10(15-5-8)16-11(17)7-3-9(13)6-14-4-7/h1-6H,(H,15,16,17). The highest BCUT2D eigenvalue weighted by molar-refractivity contribution is 9.10. The van der Waals surface area contributed by atoms with Crippen molar-refractivity contribution in [2.24, 2.45) is 0 Å². The first kappa shape index (κ1) is 11.7. The molecule has 2 rings (SSSR count). The Morgan fingerprint density at radius 3 is 2.76 bits per heavy atom. The summed E-state index contributed by atoms with van der Waals surface area (Å²) in [6, 6.07) is 4.49. The summed E-state index contributed by atoms with van der Waals surface area (Å²) in [7, 11) is 0. The summed E-state index contributed by atoms with van der Waals surface area (Å²) >= 11 is 3.23. The Morgan fingerprint density at radius 2 is 2.12 bits per heavy atom. The van der Waals surface area contributed by atoms with E-state index in [1.165, 1.54) is 6.20 Å². The molecule has 0 spiro atoms. The molecule has 0 bridgehead atoms. The van der Waals surface area contributed by atoms with Crippen LogP contribution >= 0.6 is 15.9 Å². The van der Waals surface area contributed by atoms with Crippen molar-refractivity contribution in [1.29, 1.82) is 0 Å². The van der Waals surface area contributed by atoms with Crippen LogP contribution in [0.15, 0.2) is 41.3 Å². The van der Waals surface area contributed by atoms with E-state index in [4.69, 9.17) is 0 Å². The Kier molecular flexibility index (Phi) is 3.43. The van der Waals surface area contributed by atoms with Gasteiger partial charge in [-0.15, -0.1) is 0 Å². The van der Waals surface area contributed by atoms with E-state index < -0.39 is 11.7 Å². The van der Waals surface area contributed by atoms with Crippen molar-refractivity contribution in [1.82, 2.24) is 9.97 Å². The number of rotatable bonds is 2. The summed E-state index contributed by atoms with van der Waals surface area (Å²) in [4.78, 5) is 19.3. The van der Waals surface area contributed by atoms with Gasteiger partial charge in [-0.1, -0.05) is 0 Å². The molecular formula is C11H7BrFN3O. The average molecular weight is 296 g/mol. The maximum Gasteiger partial charge on any atom is 0.258 e. The minimum atomic E-state index is -0.554. The molecule has 0 aromatic carbocycles. The zero-order valence-corrected chi connectivity index (χ0v) is 10.1. The number of carbonyl (C=O) groups is 1. The van der Waals surface area contributed by atoms with Crippen LogP contribution in [-0.4, -0.2) is 15.9 Å². The second-order valence-corrected chi connectivity index (χ2v) is 4.12. The molecule has 2 aromatic rings. The first-order valence-corrected chi connectivity index (χ1v) is 5.48. The van der Waals surface area contributed by atoms with Gasteiger partial charge >= 0.3 is 0 Å². The van der Waals surface area contributed by atoms with Crippen LogP contribution in [0, 0.1) is 5.82 Å². The number of amides is 1. The summed E-state index contributed by atoms with van der Waals surface area (Å²) in [6.45, 7) is 0. The first-order chi connectivity index (χ1) is 8.15. The van der Waals surface area contributed by atoms with Gasteiger partial charge in [0.1, 0.15) is 11.6 Å². The molecule has 0 atom stereocenters. The number of nitrogens with zero attached hydrogens (tertiary/aromatic N) is 2. The largest absolute Gasteiger partial charge is 0.307 e. The Bertz CT molecular complexity index is 545. The summed E-state index contributed by atoms with van der Waals surface area (Å²) in [6.07, 6.45) is 3.88. The lowest BCUT2D eigenvalue weighted by molar-refractivity contribution is 0.102. The number of pyridine rings is 2. The molecule has 6 heteroatoms. The quantitative estimate of drug-likeness (QED) is 0.927. The zero-order valence-electron chi connectivity index (χ0n) is 8.52. The summed E-state index contributed by atoms with van der Waals surface area (Å²) in [5, 5.41) is 2.54. The van der Waals surface area contributed by atoms with Crippen molar-refractivity contribution >= 4 is 27.7 Å². The fourth-order valence-electron chi connectivity index (χ4n) is 1.17. The minimum absolute atomic E-state index is 0.148. The van der Waals surface area contributed by atoms with Gasteiger partial charge in [0.2, 0.25) is 0 Å².